The highest BCUT2D eigenvalue weighted by Crippen LogP contribution is 2.33. The number of aryl methyl sites for hydroxylation is 1. The first-order chi connectivity index (χ1) is 10.2. The molecule has 1 aliphatic heterocycles. The summed E-state index contributed by atoms with van der Waals surface area (Å²) in [6, 6.07) is 5.50. The van der Waals surface area contributed by atoms with Gasteiger partial charge in [0.2, 0.25) is 0 Å². The first kappa shape index (κ1) is 14.3. The van der Waals surface area contributed by atoms with Crippen LogP contribution in [0.2, 0.25) is 0 Å². The second-order valence-corrected chi connectivity index (χ2v) is 6.42. The third-order valence-electron chi connectivity index (χ3n) is 4.77. The number of rotatable bonds is 4. The highest BCUT2D eigenvalue weighted by atomic mass is 16.1. The van der Waals surface area contributed by atoms with Crippen LogP contribution in [0.15, 0.2) is 35.4 Å². The summed E-state index contributed by atoms with van der Waals surface area (Å²) in [4.78, 5) is 16.3. The Morgan fingerprint density at radius 2 is 2.10 bits per heavy atom. The fourth-order valence-corrected chi connectivity index (χ4v) is 3.31. The molecule has 0 aliphatic carbocycles. The highest BCUT2D eigenvalue weighted by molar-refractivity contribution is 5.77. The lowest BCUT2D eigenvalue weighted by atomic mass is 9.77. The SMILES string of the molecule is CC1(CCCn2c(=O)ccc3ccncc32)CCNCC1. The fourth-order valence-electron chi connectivity index (χ4n) is 3.31. The van der Waals surface area contributed by atoms with E-state index in [4.69, 9.17) is 0 Å². The van der Waals surface area contributed by atoms with Gasteiger partial charge in [-0.05, 0) is 56.3 Å². The molecular formula is C17H23N3O. The number of fused-ring (bicyclic) bond motifs is 1. The van der Waals surface area contributed by atoms with Crippen LogP contribution in [0, 0.1) is 5.41 Å². The van der Waals surface area contributed by atoms with Crippen molar-refractivity contribution in [3.05, 3.63) is 40.9 Å². The molecule has 0 amide bonds. The van der Waals surface area contributed by atoms with Crippen molar-refractivity contribution in [2.24, 2.45) is 5.41 Å². The van der Waals surface area contributed by atoms with Crippen LogP contribution in [0.5, 0.6) is 0 Å². The molecule has 112 valence electrons. The van der Waals surface area contributed by atoms with Gasteiger partial charge in [0.1, 0.15) is 0 Å². The molecule has 4 heteroatoms. The van der Waals surface area contributed by atoms with Crippen LogP contribution in [0.1, 0.15) is 32.6 Å². The topological polar surface area (TPSA) is 46.9 Å². The predicted molar refractivity (Wildman–Crippen MR) is 85.4 cm³/mol. The van der Waals surface area contributed by atoms with Crippen molar-refractivity contribution in [2.75, 3.05) is 13.1 Å². The predicted octanol–water partition coefficient (Wildman–Crippen LogP) is 2.57. The maximum Gasteiger partial charge on any atom is 0.251 e. The van der Waals surface area contributed by atoms with Crippen LogP contribution < -0.4 is 10.9 Å². The summed E-state index contributed by atoms with van der Waals surface area (Å²) in [6.07, 6.45) is 8.26. The number of nitrogens with zero attached hydrogens (tertiary/aromatic N) is 2. The van der Waals surface area contributed by atoms with Crippen LogP contribution in [0.4, 0.5) is 0 Å². The zero-order valence-electron chi connectivity index (χ0n) is 12.6. The smallest absolute Gasteiger partial charge is 0.251 e. The second kappa shape index (κ2) is 5.98. The molecule has 4 nitrogen and oxygen atoms in total. The van der Waals surface area contributed by atoms with E-state index in [0.717, 1.165) is 37.0 Å². The fraction of sp³-hybridized carbons (Fsp3) is 0.529. The van der Waals surface area contributed by atoms with Gasteiger partial charge in [-0.15, -0.1) is 0 Å². The Labute approximate surface area is 125 Å². The van der Waals surface area contributed by atoms with E-state index in [1.807, 2.05) is 16.7 Å². The van der Waals surface area contributed by atoms with E-state index < -0.39 is 0 Å². The van der Waals surface area contributed by atoms with Crippen molar-refractivity contribution in [3.63, 3.8) is 0 Å². The molecule has 1 saturated heterocycles. The van der Waals surface area contributed by atoms with Crippen molar-refractivity contribution in [1.82, 2.24) is 14.9 Å². The van der Waals surface area contributed by atoms with Gasteiger partial charge in [0, 0.05) is 24.2 Å². The number of hydrogen-bond acceptors (Lipinski definition) is 3. The molecular weight excluding hydrogens is 262 g/mol. The summed E-state index contributed by atoms with van der Waals surface area (Å²) >= 11 is 0. The lowest BCUT2D eigenvalue weighted by Gasteiger charge is -2.34. The Kier molecular flexibility index (Phi) is 4.06. The normalized spacial score (nSPS) is 18.0. The Hall–Kier alpha value is -1.68. The van der Waals surface area contributed by atoms with E-state index in [9.17, 15) is 4.79 Å². The highest BCUT2D eigenvalue weighted by Gasteiger charge is 2.25. The van der Waals surface area contributed by atoms with Gasteiger partial charge in [-0.1, -0.05) is 6.92 Å². The number of aromatic nitrogens is 2. The lowest BCUT2D eigenvalue weighted by Crippen LogP contribution is -2.35. The van der Waals surface area contributed by atoms with E-state index in [2.05, 4.69) is 17.2 Å². The summed E-state index contributed by atoms with van der Waals surface area (Å²) in [6.45, 7) is 5.40. The molecule has 3 heterocycles. The van der Waals surface area contributed by atoms with E-state index >= 15 is 0 Å². The van der Waals surface area contributed by atoms with Gasteiger partial charge >= 0.3 is 0 Å². The molecule has 0 spiro atoms. The van der Waals surface area contributed by atoms with Gasteiger partial charge in [0.15, 0.2) is 0 Å². The third-order valence-corrected chi connectivity index (χ3v) is 4.77. The van der Waals surface area contributed by atoms with Crippen LogP contribution in [-0.4, -0.2) is 22.6 Å². The Bertz CT molecular complexity index is 671. The van der Waals surface area contributed by atoms with Crippen LogP contribution in [0.25, 0.3) is 10.9 Å². The summed E-state index contributed by atoms with van der Waals surface area (Å²) in [7, 11) is 0. The summed E-state index contributed by atoms with van der Waals surface area (Å²) in [5.74, 6) is 0. The molecule has 0 atom stereocenters. The summed E-state index contributed by atoms with van der Waals surface area (Å²) in [5.41, 5.74) is 1.45. The summed E-state index contributed by atoms with van der Waals surface area (Å²) < 4.78 is 1.87. The van der Waals surface area contributed by atoms with Crippen molar-refractivity contribution in [1.29, 1.82) is 0 Å². The molecule has 3 rings (SSSR count). The first-order valence-electron chi connectivity index (χ1n) is 7.82. The Morgan fingerprint density at radius 3 is 2.90 bits per heavy atom. The van der Waals surface area contributed by atoms with Crippen LogP contribution >= 0.6 is 0 Å². The zero-order chi connectivity index (χ0) is 14.7. The Balaban J connectivity index is 1.73. The summed E-state index contributed by atoms with van der Waals surface area (Å²) in [5, 5.41) is 4.50. The molecule has 2 aromatic rings. The van der Waals surface area contributed by atoms with Crippen molar-refractivity contribution < 1.29 is 0 Å². The molecule has 21 heavy (non-hydrogen) atoms. The van der Waals surface area contributed by atoms with Gasteiger partial charge < -0.3 is 9.88 Å². The minimum atomic E-state index is 0.0750. The lowest BCUT2D eigenvalue weighted by molar-refractivity contribution is 0.203. The van der Waals surface area contributed by atoms with Gasteiger partial charge in [-0.2, -0.15) is 0 Å². The standard InChI is InChI=1S/C17H23N3O/c1-17(7-10-18-11-8-17)6-2-12-20-15-13-19-9-5-14(15)3-4-16(20)21/h3-5,9,13,18H,2,6-8,10-12H2,1H3. The molecule has 1 aliphatic rings. The average Bonchev–Trinajstić information content (AvgIpc) is 2.50. The maximum absolute atomic E-state index is 12.1. The zero-order valence-corrected chi connectivity index (χ0v) is 12.6. The average molecular weight is 285 g/mol. The van der Waals surface area contributed by atoms with Crippen LogP contribution in [-0.2, 0) is 6.54 Å². The molecule has 2 aromatic heterocycles. The Morgan fingerprint density at radius 1 is 1.29 bits per heavy atom. The largest absolute Gasteiger partial charge is 0.317 e. The van der Waals surface area contributed by atoms with E-state index in [0.29, 0.717) is 5.41 Å². The quantitative estimate of drug-likeness (QED) is 0.939. The maximum atomic E-state index is 12.1. The molecule has 0 bridgehead atoms. The minimum absolute atomic E-state index is 0.0750. The van der Waals surface area contributed by atoms with E-state index in [1.165, 1.54) is 19.3 Å². The molecule has 0 unspecified atom stereocenters. The van der Waals surface area contributed by atoms with Crippen molar-refractivity contribution >= 4 is 10.9 Å². The molecule has 0 saturated carbocycles. The number of nitrogens with one attached hydrogen (secondary N) is 1. The number of hydrogen-bond donors (Lipinski definition) is 1. The van der Waals surface area contributed by atoms with Crippen molar-refractivity contribution in [2.45, 2.75) is 39.2 Å². The molecule has 0 aromatic carbocycles. The first-order valence-corrected chi connectivity index (χ1v) is 7.82. The number of pyridine rings is 2. The molecule has 0 radical (unpaired) electrons. The van der Waals surface area contributed by atoms with Crippen LogP contribution in [0.3, 0.4) is 0 Å². The second-order valence-electron chi connectivity index (χ2n) is 6.42. The monoisotopic (exact) mass is 285 g/mol. The van der Waals surface area contributed by atoms with Crippen molar-refractivity contribution in [3.8, 4) is 0 Å². The molecule has 1 fully saturated rings. The van der Waals surface area contributed by atoms with E-state index in [1.54, 1.807) is 18.5 Å². The van der Waals surface area contributed by atoms with Gasteiger partial charge in [-0.25, -0.2) is 0 Å². The molecule has 1 N–H and O–H groups in total. The third kappa shape index (κ3) is 3.16. The van der Waals surface area contributed by atoms with Gasteiger partial charge in [0.25, 0.3) is 5.56 Å². The van der Waals surface area contributed by atoms with E-state index in [-0.39, 0.29) is 5.56 Å². The van der Waals surface area contributed by atoms with Gasteiger partial charge in [0.05, 0.1) is 11.7 Å². The van der Waals surface area contributed by atoms with Gasteiger partial charge in [-0.3, -0.25) is 9.78 Å². The minimum Gasteiger partial charge on any atom is -0.317 e. The number of piperidine rings is 1.